The fraction of sp³-hybridized carbons (Fsp3) is 0.333. The molecule has 28 heteroatoms. The molecule has 0 radical (unpaired) electrons. The third kappa shape index (κ3) is 21.1. The number of ether oxygens (including phenoxy) is 7. The van der Waals surface area contributed by atoms with Gasteiger partial charge in [-0.2, -0.15) is 0 Å². The van der Waals surface area contributed by atoms with Crippen LogP contribution in [0, 0.1) is 53.8 Å². The monoisotopic (exact) mass is 1760 g/mol. The predicted molar refractivity (Wildman–Crippen MR) is 479 cm³/mol. The number of rotatable bonds is 30. The highest BCUT2D eigenvalue weighted by Gasteiger charge is 2.68. The number of amides is 6. The van der Waals surface area contributed by atoms with E-state index in [-0.39, 0.29) is 49.3 Å². The number of nitrogens with one attached hydrogen (secondary N) is 5. The van der Waals surface area contributed by atoms with Gasteiger partial charge in [0, 0.05) is 70.5 Å². The quantitative estimate of drug-likeness (QED) is 0.0114. The molecule has 17 rings (SSSR count). The van der Waals surface area contributed by atoms with Crippen molar-refractivity contribution in [2.24, 2.45) is 39.9 Å². The first kappa shape index (κ1) is 92.4. The first-order valence-corrected chi connectivity index (χ1v) is 43.7. The maximum atomic E-state index is 13.6. The number of fused-ring (bicyclic) bond motifs is 3. The number of phenols is 1. The molecule has 9 aromatic carbocycles. The lowest BCUT2D eigenvalue weighted by molar-refractivity contribution is -0.152. The lowest BCUT2D eigenvalue weighted by atomic mass is 9.88. The molecule has 0 spiro atoms. The molecule has 9 atom stereocenters. The van der Waals surface area contributed by atoms with Crippen molar-refractivity contribution in [1.82, 2.24) is 42.1 Å². The van der Waals surface area contributed by atoms with Gasteiger partial charge in [-0.3, -0.25) is 69.2 Å². The zero-order valence-corrected chi connectivity index (χ0v) is 73.3. The number of carbonyl (C=O) groups excluding carboxylic acids is 8. The molecule has 11 aromatic rings. The number of carbonyl (C=O) groups is 8. The molecular weight excluding hydrogens is 1660 g/mol. The molecule has 5 aliphatic carbocycles. The van der Waals surface area contributed by atoms with Gasteiger partial charge in [0.1, 0.15) is 47.4 Å². The summed E-state index contributed by atoms with van der Waals surface area (Å²) in [5.74, 6) is -1.85. The number of pyridine rings is 2. The Hall–Kier alpha value is -13.8. The number of methoxy groups -OCH3 is 1. The highest BCUT2D eigenvalue weighted by Crippen LogP contribution is 2.59. The molecule has 0 bridgehead atoms. The second-order valence-electron chi connectivity index (χ2n) is 34.3. The predicted octanol–water partition coefficient (Wildman–Crippen LogP) is 14.8. The number of esters is 2. The molecule has 130 heavy (non-hydrogen) atoms. The minimum absolute atomic E-state index is 0.0320. The van der Waals surface area contributed by atoms with E-state index in [1.807, 2.05) is 191 Å². The third-order valence-electron chi connectivity index (χ3n) is 25.7. The van der Waals surface area contributed by atoms with Crippen LogP contribution >= 0.6 is 0 Å². The van der Waals surface area contributed by atoms with Crippen LogP contribution < -0.4 is 50.9 Å². The molecule has 3 heterocycles. The average Bonchev–Trinajstić information content (AvgIpc) is 1.55. The molecule has 5 saturated carbocycles. The van der Waals surface area contributed by atoms with Crippen LogP contribution in [0.5, 0.6) is 40.2 Å². The smallest absolute Gasteiger partial charge is 0.317 e. The van der Waals surface area contributed by atoms with Crippen LogP contribution in [0.3, 0.4) is 0 Å². The summed E-state index contributed by atoms with van der Waals surface area (Å²) in [5.41, 5.74) is 15.2. The largest absolute Gasteiger partial charge is 0.508 e. The second kappa shape index (κ2) is 41.1. The Bertz CT molecular complexity index is 5920. The van der Waals surface area contributed by atoms with Crippen LogP contribution in [-0.2, 0) is 92.1 Å². The number of phenolic OH excluding ortho intramolecular Hbond substituents is 1. The van der Waals surface area contributed by atoms with Crippen molar-refractivity contribution in [2.75, 3.05) is 34.1 Å². The SMILES string of the molecule is CCOC(=O)[C@@]1(Cc2ccc(O)c(C(C)c3ccccc3)c2)C[C@@H]1C(=O)NO.COC(=O)[C@]1(c2cccc(Oc3ccc4c(c3)OCO4)c2)C[C@H]1C(=O)NO.Cc1cc(COc2ccc(C[C@]3(C(=O)N(C)CCc4ccccc4)C[C@@H]3C(=O)NO)cc2)c2ccccc2n1.Cc1cc(COc2ccc(C[C@]3(C(=O)NC4CCCCC4)C[C@@H]3C(=O)NO)cc2)c2ccccc2n1. The first-order valence-electron chi connectivity index (χ1n) is 43.7. The van der Waals surface area contributed by atoms with Gasteiger partial charge >= 0.3 is 11.9 Å². The minimum atomic E-state index is -1.13. The van der Waals surface area contributed by atoms with Gasteiger partial charge in [-0.25, -0.2) is 21.9 Å². The van der Waals surface area contributed by atoms with Gasteiger partial charge in [0.15, 0.2) is 11.5 Å². The minimum Gasteiger partial charge on any atom is -0.508 e. The van der Waals surface area contributed by atoms with Crippen molar-refractivity contribution >= 4 is 69.2 Å². The Balaban J connectivity index is 0.000000141. The summed E-state index contributed by atoms with van der Waals surface area (Å²) in [5, 5.41) is 52.0. The Morgan fingerprint density at radius 2 is 1.00 bits per heavy atom. The van der Waals surface area contributed by atoms with E-state index in [0.717, 1.165) is 121 Å². The van der Waals surface area contributed by atoms with E-state index in [2.05, 4.69) is 21.4 Å². The van der Waals surface area contributed by atoms with Crippen molar-refractivity contribution < 1.29 is 97.4 Å². The van der Waals surface area contributed by atoms with Crippen LogP contribution in [0.1, 0.15) is 139 Å². The maximum Gasteiger partial charge on any atom is 0.317 e. The van der Waals surface area contributed by atoms with Crippen molar-refractivity contribution in [3.63, 3.8) is 0 Å². The third-order valence-corrected chi connectivity index (χ3v) is 25.7. The fourth-order valence-corrected chi connectivity index (χ4v) is 18.2. The van der Waals surface area contributed by atoms with E-state index in [1.54, 1.807) is 95.4 Å². The number of likely N-dealkylation sites (N-methyl/N-ethyl adjacent to an activating group) is 1. The number of nitrogens with zero attached hydrogens (tertiary/aromatic N) is 3. The Kier molecular flexibility index (Phi) is 29.2. The van der Waals surface area contributed by atoms with Gasteiger partial charge in [0.2, 0.25) is 42.2 Å². The average molecular weight is 1770 g/mol. The van der Waals surface area contributed by atoms with E-state index in [0.29, 0.717) is 86.8 Å². The van der Waals surface area contributed by atoms with Gasteiger partial charge in [0.25, 0.3) is 0 Å². The van der Waals surface area contributed by atoms with Crippen LogP contribution in [0.15, 0.2) is 231 Å². The molecule has 6 amide bonds. The molecule has 676 valence electrons. The molecule has 10 N–H and O–H groups in total. The molecule has 2 aromatic heterocycles. The van der Waals surface area contributed by atoms with Gasteiger partial charge in [-0.15, -0.1) is 0 Å². The van der Waals surface area contributed by atoms with Crippen molar-refractivity contribution in [3.05, 3.63) is 292 Å². The number of para-hydroxylation sites is 2. The van der Waals surface area contributed by atoms with Crippen molar-refractivity contribution in [1.29, 1.82) is 0 Å². The highest BCUT2D eigenvalue weighted by atomic mass is 16.7. The highest BCUT2D eigenvalue weighted by molar-refractivity contribution is 5.99. The van der Waals surface area contributed by atoms with Crippen molar-refractivity contribution in [3.8, 4) is 40.2 Å². The number of hydrogen-bond acceptors (Lipinski definition) is 22. The summed E-state index contributed by atoms with van der Waals surface area (Å²) in [6.07, 6.45) is 8.71. The molecular formula is C102H108N8O20. The van der Waals surface area contributed by atoms with Gasteiger partial charge < -0.3 is 48.5 Å². The summed E-state index contributed by atoms with van der Waals surface area (Å²) < 4.78 is 38.7. The number of aromatic hydroxyl groups is 1. The summed E-state index contributed by atoms with van der Waals surface area (Å²) in [6.45, 7) is 9.46. The number of aromatic nitrogens is 2. The number of aryl methyl sites for hydroxylation is 2. The molecule has 5 fully saturated rings. The molecule has 1 aliphatic heterocycles. The number of hydrogen-bond donors (Lipinski definition) is 10. The van der Waals surface area contributed by atoms with E-state index < -0.39 is 80.9 Å². The van der Waals surface area contributed by atoms with Gasteiger partial charge in [-0.1, -0.05) is 172 Å². The summed E-state index contributed by atoms with van der Waals surface area (Å²) >= 11 is 0. The summed E-state index contributed by atoms with van der Waals surface area (Å²) in [4.78, 5) is 111. The van der Waals surface area contributed by atoms with E-state index in [1.165, 1.54) is 13.5 Å². The van der Waals surface area contributed by atoms with Crippen LogP contribution in [0.4, 0.5) is 0 Å². The van der Waals surface area contributed by atoms with Crippen molar-refractivity contribution in [2.45, 2.75) is 142 Å². The molecule has 28 nitrogen and oxygen atoms in total. The first-order chi connectivity index (χ1) is 62.9. The Morgan fingerprint density at radius 1 is 0.500 bits per heavy atom. The molecule has 6 aliphatic rings. The number of hydroxylamine groups is 4. The normalized spacial score (nSPS) is 20.6. The standard InChI is InChI=1S/C32H33N3O4.C29H33N3O4.C22H25NO5.C19H17NO7/c1-22-18-25(27-10-6-7-11-29(27)33-22)21-39-26-14-12-24(13-15-26)19-32(20-28(32)30(36)34-38)31(37)35(2)17-16-23-8-4-3-5-9-23;1-19-15-21(24-9-5-6-10-26(24)30-19)18-36-23-13-11-20(12-14-23)16-29(17-25(29)27(33)32-35)28(34)31-22-7-3-2-4-8-22;1-3-28-21(26)22(13-18(22)20(25)23-27)12-15-9-10-19(24)17(11-15)14(2)16-7-5-4-6-8-16;1-24-18(22)19(9-14(19)17(21)20-23)11-3-2-4-12(7-11)27-13-5-6-15-16(8-13)26-10-25-15/h3-15,18,28,38H,16-17,19-21H2,1-2H3,(H,34,36);5-6,9-15,22,25,35H,2-4,7-8,16-18H2,1H3,(H,31,34)(H,32,33);4-11,14,18,24,27H,3,12-13H2,1-2H3,(H,23,25);2-8,14,23H,9-10H2,1H3,(H,20,21)/t28-,32+;25-,29+;14?,18-,22+;14-,19-/m1110/s1. The van der Waals surface area contributed by atoms with Gasteiger partial charge in [0.05, 0.1) is 64.7 Å². The van der Waals surface area contributed by atoms with Crippen LogP contribution in [-0.4, -0.2) is 128 Å². The topological polar surface area (TPSA) is 391 Å². The number of benzene rings is 9. The van der Waals surface area contributed by atoms with Gasteiger partial charge in [-0.05, 0) is 197 Å². The Morgan fingerprint density at radius 3 is 1.58 bits per heavy atom. The summed E-state index contributed by atoms with van der Waals surface area (Å²) in [6, 6.07) is 72.9. The lowest BCUT2D eigenvalue weighted by Crippen LogP contribution is -2.43. The molecule has 1 unspecified atom stereocenters. The van der Waals surface area contributed by atoms with E-state index in [9.17, 15) is 48.7 Å². The summed E-state index contributed by atoms with van der Waals surface area (Å²) in [7, 11) is 3.05. The van der Waals surface area contributed by atoms with Crippen LogP contribution in [0.25, 0.3) is 21.8 Å². The van der Waals surface area contributed by atoms with E-state index >= 15 is 0 Å². The second-order valence-corrected chi connectivity index (χ2v) is 34.3. The maximum absolute atomic E-state index is 13.6. The Labute approximate surface area is 752 Å². The fourth-order valence-electron chi connectivity index (χ4n) is 18.2. The lowest BCUT2D eigenvalue weighted by Gasteiger charge is -2.26. The zero-order valence-electron chi connectivity index (χ0n) is 73.3. The van der Waals surface area contributed by atoms with E-state index in [4.69, 9.17) is 48.8 Å². The molecule has 0 saturated heterocycles. The van der Waals surface area contributed by atoms with Crippen LogP contribution in [0.2, 0.25) is 0 Å². The zero-order chi connectivity index (χ0) is 91.9.